The van der Waals surface area contributed by atoms with Crippen molar-refractivity contribution in [2.45, 2.75) is 0 Å². The SMILES string of the molecule is [O-]c1on[n+](-c2ccc(Cl)cc2)c1-c1csc(-c2ccccc2)n1. The fraction of sp³-hybridized carbons (Fsp3) is 0. The van der Waals surface area contributed by atoms with E-state index in [0.29, 0.717) is 16.4 Å². The van der Waals surface area contributed by atoms with Gasteiger partial charge in [0.25, 0.3) is 5.69 Å². The standard InChI is InChI=1S/C17H10ClN3O2S/c18-12-6-8-13(9-7-12)21-15(17(22)23-20-21)14-10-24-16(19-14)11-4-2-1-3-5-11/h1-10H. The second kappa shape index (κ2) is 6.07. The maximum Gasteiger partial charge on any atom is 0.289 e. The van der Waals surface area contributed by atoms with E-state index < -0.39 is 5.95 Å². The molecule has 0 spiro atoms. The van der Waals surface area contributed by atoms with Gasteiger partial charge in [0.05, 0.1) is 5.27 Å². The molecular weight excluding hydrogens is 346 g/mol. The molecule has 0 atom stereocenters. The summed E-state index contributed by atoms with van der Waals surface area (Å²) in [6.07, 6.45) is 0. The Morgan fingerprint density at radius 3 is 2.54 bits per heavy atom. The first-order valence-electron chi connectivity index (χ1n) is 7.08. The van der Waals surface area contributed by atoms with Gasteiger partial charge < -0.3 is 9.63 Å². The summed E-state index contributed by atoms with van der Waals surface area (Å²) in [4.78, 5) is 4.56. The molecule has 2 heterocycles. The van der Waals surface area contributed by atoms with Crippen LogP contribution in [0.4, 0.5) is 0 Å². The van der Waals surface area contributed by atoms with Gasteiger partial charge in [-0.1, -0.05) is 41.9 Å². The Balaban J connectivity index is 1.79. The van der Waals surface area contributed by atoms with Crippen LogP contribution in [-0.2, 0) is 0 Å². The zero-order valence-corrected chi connectivity index (χ0v) is 13.8. The molecule has 5 nitrogen and oxygen atoms in total. The van der Waals surface area contributed by atoms with Crippen molar-refractivity contribution < 1.29 is 14.3 Å². The lowest BCUT2D eigenvalue weighted by atomic mass is 10.2. The molecule has 0 amide bonds. The topological polar surface area (TPSA) is 65.9 Å². The first kappa shape index (κ1) is 14.9. The van der Waals surface area contributed by atoms with Gasteiger partial charge in [0.1, 0.15) is 5.01 Å². The van der Waals surface area contributed by atoms with Crippen LogP contribution in [0.25, 0.3) is 27.6 Å². The van der Waals surface area contributed by atoms with Crippen molar-refractivity contribution in [2.75, 3.05) is 0 Å². The van der Waals surface area contributed by atoms with E-state index in [2.05, 4.69) is 10.3 Å². The van der Waals surface area contributed by atoms with Crippen LogP contribution in [-0.4, -0.2) is 10.3 Å². The second-order valence-electron chi connectivity index (χ2n) is 5.00. The highest BCUT2D eigenvalue weighted by Gasteiger charge is 2.24. The Hall–Kier alpha value is -2.70. The Bertz CT molecular complexity index is 981. The average molecular weight is 356 g/mol. The molecule has 0 unspecified atom stereocenters. The Morgan fingerprint density at radius 1 is 1.04 bits per heavy atom. The third-order valence-electron chi connectivity index (χ3n) is 3.45. The molecule has 0 aliphatic carbocycles. The van der Waals surface area contributed by atoms with Crippen molar-refractivity contribution in [3.05, 3.63) is 65.0 Å². The Labute approximate surface area is 146 Å². The Morgan fingerprint density at radius 2 is 1.79 bits per heavy atom. The number of hydrogen-bond donors (Lipinski definition) is 0. The minimum absolute atomic E-state index is 0.288. The summed E-state index contributed by atoms with van der Waals surface area (Å²) >= 11 is 7.37. The highest BCUT2D eigenvalue weighted by Crippen LogP contribution is 2.30. The predicted molar refractivity (Wildman–Crippen MR) is 89.0 cm³/mol. The van der Waals surface area contributed by atoms with E-state index in [1.165, 1.54) is 16.0 Å². The van der Waals surface area contributed by atoms with E-state index in [-0.39, 0.29) is 5.69 Å². The third-order valence-corrected chi connectivity index (χ3v) is 4.59. The summed E-state index contributed by atoms with van der Waals surface area (Å²) in [6, 6.07) is 16.8. The van der Waals surface area contributed by atoms with Crippen LogP contribution in [0.3, 0.4) is 0 Å². The summed E-state index contributed by atoms with van der Waals surface area (Å²) in [5.41, 5.74) is 2.49. The van der Waals surface area contributed by atoms with Gasteiger partial charge in [0.2, 0.25) is 5.69 Å². The predicted octanol–water partition coefficient (Wildman–Crippen LogP) is 3.47. The molecule has 7 heteroatoms. The van der Waals surface area contributed by atoms with Crippen molar-refractivity contribution in [1.82, 2.24) is 10.3 Å². The van der Waals surface area contributed by atoms with E-state index in [1.54, 1.807) is 24.3 Å². The van der Waals surface area contributed by atoms with Crippen molar-refractivity contribution in [3.63, 3.8) is 0 Å². The molecule has 0 aliphatic heterocycles. The highest BCUT2D eigenvalue weighted by atomic mass is 35.5. The third kappa shape index (κ3) is 2.66. The summed E-state index contributed by atoms with van der Waals surface area (Å²) in [6.45, 7) is 0. The summed E-state index contributed by atoms with van der Waals surface area (Å²) in [5, 5.41) is 19.2. The van der Waals surface area contributed by atoms with E-state index in [1.807, 2.05) is 35.7 Å². The van der Waals surface area contributed by atoms with E-state index in [4.69, 9.17) is 16.1 Å². The van der Waals surface area contributed by atoms with Crippen LogP contribution in [0.2, 0.25) is 5.02 Å². The molecule has 4 aromatic rings. The second-order valence-corrected chi connectivity index (χ2v) is 6.30. The summed E-state index contributed by atoms with van der Waals surface area (Å²) in [7, 11) is 0. The molecule has 4 rings (SSSR count). The van der Waals surface area contributed by atoms with E-state index >= 15 is 0 Å². The lowest BCUT2D eigenvalue weighted by Gasteiger charge is -1.96. The van der Waals surface area contributed by atoms with Crippen LogP contribution in [0.1, 0.15) is 0 Å². The van der Waals surface area contributed by atoms with Gasteiger partial charge >= 0.3 is 0 Å². The number of hydrogen-bond acceptors (Lipinski definition) is 5. The van der Waals surface area contributed by atoms with Crippen LogP contribution >= 0.6 is 22.9 Å². The Kier molecular flexibility index (Phi) is 3.76. The monoisotopic (exact) mass is 355 g/mol. The molecule has 24 heavy (non-hydrogen) atoms. The van der Waals surface area contributed by atoms with Gasteiger partial charge in [-0.15, -0.1) is 11.3 Å². The molecule has 2 aromatic carbocycles. The quantitative estimate of drug-likeness (QED) is 0.528. The molecule has 0 radical (unpaired) electrons. The van der Waals surface area contributed by atoms with E-state index in [0.717, 1.165) is 10.6 Å². The highest BCUT2D eigenvalue weighted by molar-refractivity contribution is 7.13. The smallest absolute Gasteiger partial charge is 0.289 e. The first-order valence-corrected chi connectivity index (χ1v) is 8.34. The van der Waals surface area contributed by atoms with E-state index in [9.17, 15) is 5.11 Å². The largest absolute Gasteiger partial charge is 0.539 e. The van der Waals surface area contributed by atoms with Crippen LogP contribution in [0, 0.1) is 0 Å². The molecule has 0 fully saturated rings. The average Bonchev–Trinajstić information content (AvgIpc) is 3.23. The molecule has 0 bridgehead atoms. The maximum absolute atomic E-state index is 12.1. The number of thiazole rings is 1. The van der Waals surface area contributed by atoms with Crippen molar-refractivity contribution in [1.29, 1.82) is 0 Å². The molecule has 0 saturated carbocycles. The normalized spacial score (nSPS) is 10.9. The molecule has 0 aliphatic rings. The lowest BCUT2D eigenvalue weighted by molar-refractivity contribution is -0.660. The van der Waals surface area contributed by atoms with Gasteiger partial charge in [-0.05, 0) is 16.8 Å². The zero-order chi connectivity index (χ0) is 16.5. The molecule has 0 N–H and O–H groups in total. The first-order chi connectivity index (χ1) is 11.7. The zero-order valence-electron chi connectivity index (χ0n) is 12.2. The fourth-order valence-corrected chi connectivity index (χ4v) is 3.25. The number of halogens is 1. The van der Waals surface area contributed by atoms with Crippen LogP contribution < -0.4 is 9.79 Å². The van der Waals surface area contributed by atoms with Crippen molar-refractivity contribution in [3.8, 4) is 33.6 Å². The van der Waals surface area contributed by atoms with Crippen molar-refractivity contribution in [2.24, 2.45) is 0 Å². The van der Waals surface area contributed by atoms with Gasteiger partial charge in [0, 0.05) is 28.1 Å². The molecule has 118 valence electrons. The molecular formula is C17H10ClN3O2S. The van der Waals surface area contributed by atoms with Gasteiger partial charge in [-0.3, -0.25) is 0 Å². The van der Waals surface area contributed by atoms with Crippen LogP contribution in [0.5, 0.6) is 5.95 Å². The van der Waals surface area contributed by atoms with Gasteiger partial charge in [-0.2, -0.15) is 0 Å². The van der Waals surface area contributed by atoms with Gasteiger partial charge in [0.15, 0.2) is 11.6 Å². The fourth-order valence-electron chi connectivity index (χ4n) is 2.32. The van der Waals surface area contributed by atoms with Crippen LogP contribution in [0.15, 0.2) is 64.5 Å². The minimum atomic E-state index is -0.533. The summed E-state index contributed by atoms with van der Waals surface area (Å²) in [5.74, 6) is -0.533. The lowest BCUT2D eigenvalue weighted by Crippen LogP contribution is -2.34. The van der Waals surface area contributed by atoms with Crippen molar-refractivity contribution >= 4 is 22.9 Å². The number of aromatic nitrogens is 3. The molecule has 2 aromatic heterocycles. The van der Waals surface area contributed by atoms with Gasteiger partial charge in [-0.25, -0.2) is 4.98 Å². The number of benzene rings is 2. The number of nitrogens with zero attached hydrogens (tertiary/aromatic N) is 3. The maximum atomic E-state index is 12.1. The molecule has 0 saturated heterocycles. The number of rotatable bonds is 3. The minimum Gasteiger partial charge on any atom is -0.539 e. The summed E-state index contributed by atoms with van der Waals surface area (Å²) < 4.78 is 6.27.